The quantitative estimate of drug-likeness (QED) is 0.227. The van der Waals surface area contributed by atoms with Crippen LogP contribution in [0.1, 0.15) is 133 Å². The SMILES string of the molecule is CC(C)(CO)CCCCC1CCC(=O)C(c2ccccc2C2CCCC(CCCCC(C)(C)CO)S2=O)S1. The Morgan fingerprint density at radius 2 is 1.47 bits per heavy atom. The Balaban J connectivity index is 1.63. The largest absolute Gasteiger partial charge is 0.396 e. The Bertz CT molecular complexity index is 891. The molecule has 2 fully saturated rings. The number of aliphatic hydroxyl groups is 2. The number of unbranched alkanes of at least 4 members (excludes halogenated alkanes) is 2. The first-order valence-electron chi connectivity index (χ1n) is 14.9. The Morgan fingerprint density at radius 3 is 2.11 bits per heavy atom. The summed E-state index contributed by atoms with van der Waals surface area (Å²) in [5, 5.41) is 19.6. The van der Waals surface area contributed by atoms with E-state index >= 15 is 0 Å². The van der Waals surface area contributed by atoms with E-state index in [2.05, 4.69) is 45.9 Å². The summed E-state index contributed by atoms with van der Waals surface area (Å²) < 4.78 is 13.8. The van der Waals surface area contributed by atoms with Crippen LogP contribution in [-0.2, 0) is 15.6 Å². The van der Waals surface area contributed by atoms with Crippen LogP contribution in [0.25, 0.3) is 0 Å². The van der Waals surface area contributed by atoms with Crippen molar-refractivity contribution in [1.29, 1.82) is 0 Å². The van der Waals surface area contributed by atoms with Crippen LogP contribution in [-0.4, -0.2) is 43.9 Å². The Morgan fingerprint density at radius 1 is 0.868 bits per heavy atom. The van der Waals surface area contributed by atoms with Crippen LogP contribution < -0.4 is 0 Å². The van der Waals surface area contributed by atoms with Crippen molar-refractivity contribution in [3.8, 4) is 0 Å². The van der Waals surface area contributed by atoms with Crippen LogP contribution in [0, 0.1) is 10.8 Å². The van der Waals surface area contributed by atoms with Crippen molar-refractivity contribution in [3.63, 3.8) is 0 Å². The van der Waals surface area contributed by atoms with Crippen molar-refractivity contribution in [3.05, 3.63) is 35.4 Å². The van der Waals surface area contributed by atoms with Crippen molar-refractivity contribution in [2.24, 2.45) is 10.8 Å². The summed E-state index contributed by atoms with van der Waals surface area (Å²) in [6.45, 7) is 8.88. The number of aliphatic hydroxyl groups excluding tert-OH is 2. The molecule has 0 amide bonds. The number of ketones is 1. The molecule has 2 aliphatic rings. The number of hydrogen-bond donors (Lipinski definition) is 2. The Hall–Kier alpha value is -0.690. The fourth-order valence-electron chi connectivity index (χ4n) is 5.92. The predicted molar refractivity (Wildman–Crippen MR) is 162 cm³/mol. The molecule has 2 saturated heterocycles. The molecule has 5 atom stereocenters. The Labute approximate surface area is 238 Å². The molecule has 2 aliphatic heterocycles. The third kappa shape index (κ3) is 9.17. The van der Waals surface area contributed by atoms with Gasteiger partial charge in [-0.1, -0.05) is 84.1 Å². The van der Waals surface area contributed by atoms with Crippen molar-refractivity contribution in [2.75, 3.05) is 13.2 Å². The predicted octanol–water partition coefficient (Wildman–Crippen LogP) is 7.69. The van der Waals surface area contributed by atoms with Crippen LogP contribution in [0.5, 0.6) is 0 Å². The van der Waals surface area contributed by atoms with Gasteiger partial charge in [-0.25, -0.2) is 0 Å². The van der Waals surface area contributed by atoms with E-state index < -0.39 is 10.8 Å². The van der Waals surface area contributed by atoms with E-state index in [9.17, 15) is 19.2 Å². The molecule has 0 bridgehead atoms. The number of thioether (sulfide) groups is 1. The fourth-order valence-corrected chi connectivity index (χ4v) is 9.62. The number of rotatable bonds is 14. The van der Waals surface area contributed by atoms with Crippen molar-refractivity contribution < 1.29 is 19.2 Å². The number of benzene rings is 1. The monoisotopic (exact) mass is 564 g/mol. The van der Waals surface area contributed by atoms with E-state index in [1.54, 1.807) is 0 Å². The van der Waals surface area contributed by atoms with Crippen molar-refractivity contribution in [2.45, 2.75) is 132 Å². The highest BCUT2D eigenvalue weighted by Gasteiger charge is 2.36. The molecule has 5 unspecified atom stereocenters. The van der Waals surface area contributed by atoms with Crippen LogP contribution in [0.4, 0.5) is 0 Å². The van der Waals surface area contributed by atoms with Gasteiger partial charge in [0.15, 0.2) is 0 Å². The molecule has 4 nitrogen and oxygen atoms in total. The zero-order valence-electron chi connectivity index (χ0n) is 24.3. The second kappa shape index (κ2) is 14.8. The van der Waals surface area contributed by atoms with E-state index in [1.807, 2.05) is 17.8 Å². The minimum Gasteiger partial charge on any atom is -0.396 e. The highest BCUT2D eigenvalue weighted by Crippen LogP contribution is 2.47. The summed E-state index contributed by atoms with van der Waals surface area (Å²) in [5.41, 5.74) is 2.21. The lowest BCUT2D eigenvalue weighted by molar-refractivity contribution is -0.119. The molecule has 2 N–H and O–H groups in total. The summed E-state index contributed by atoms with van der Waals surface area (Å²) in [6.07, 6.45) is 13.1. The molecule has 0 radical (unpaired) electrons. The van der Waals surface area contributed by atoms with E-state index in [-0.39, 0.29) is 39.8 Å². The van der Waals surface area contributed by atoms with Gasteiger partial charge in [0.1, 0.15) is 5.78 Å². The van der Waals surface area contributed by atoms with Crippen LogP contribution in [0.2, 0.25) is 0 Å². The lowest BCUT2D eigenvalue weighted by atomic mass is 9.87. The number of carbonyl (C=O) groups excluding carboxylic acids is 1. The zero-order chi connectivity index (χ0) is 27.8. The molecule has 3 rings (SSSR count). The normalized spacial score (nSPS) is 27.0. The summed E-state index contributed by atoms with van der Waals surface area (Å²) in [4.78, 5) is 13.2. The highest BCUT2D eigenvalue weighted by atomic mass is 32.2. The summed E-state index contributed by atoms with van der Waals surface area (Å²) >= 11 is 1.84. The van der Waals surface area contributed by atoms with E-state index in [0.717, 1.165) is 88.2 Å². The first-order valence-corrected chi connectivity index (χ1v) is 17.2. The number of carbonyl (C=O) groups is 1. The van der Waals surface area contributed by atoms with Crippen LogP contribution in [0.15, 0.2) is 24.3 Å². The van der Waals surface area contributed by atoms with Gasteiger partial charge in [-0.2, -0.15) is 0 Å². The minimum absolute atomic E-state index is 0.0132. The standard InChI is InChI=1S/C32H52O4S2/c1-31(2,22-33)20-9-7-12-24-18-19-28(35)30(37-24)27-16-6-5-15-26(27)29-17-11-14-25(38(29)36)13-8-10-21-32(3,4)23-34/h5-6,15-16,24-25,29-30,33-34H,7-14,17-23H2,1-4H3. The molecule has 1 aromatic rings. The maximum Gasteiger partial charge on any atom is 0.150 e. The fraction of sp³-hybridized carbons (Fsp3) is 0.781. The van der Waals surface area contributed by atoms with E-state index in [1.165, 1.54) is 0 Å². The molecule has 0 spiro atoms. The second-order valence-electron chi connectivity index (χ2n) is 13.3. The minimum atomic E-state index is -0.934. The highest BCUT2D eigenvalue weighted by molar-refractivity contribution is 8.00. The van der Waals surface area contributed by atoms with Gasteiger partial charge >= 0.3 is 0 Å². The zero-order valence-corrected chi connectivity index (χ0v) is 25.9. The van der Waals surface area contributed by atoms with Crippen LogP contribution in [0.3, 0.4) is 0 Å². The molecular weight excluding hydrogens is 512 g/mol. The van der Waals surface area contributed by atoms with Gasteiger partial charge in [0, 0.05) is 40.9 Å². The van der Waals surface area contributed by atoms with Gasteiger partial charge in [0.2, 0.25) is 0 Å². The van der Waals surface area contributed by atoms with Gasteiger partial charge in [0.25, 0.3) is 0 Å². The van der Waals surface area contributed by atoms with Crippen LogP contribution >= 0.6 is 11.8 Å². The molecule has 1 aromatic carbocycles. The maximum absolute atomic E-state index is 13.8. The lowest BCUT2D eigenvalue weighted by Gasteiger charge is -2.34. The van der Waals surface area contributed by atoms with Gasteiger partial charge in [-0.15, -0.1) is 11.8 Å². The van der Waals surface area contributed by atoms with E-state index in [0.29, 0.717) is 17.5 Å². The average Bonchev–Trinajstić information content (AvgIpc) is 2.91. The van der Waals surface area contributed by atoms with E-state index in [4.69, 9.17) is 0 Å². The molecule has 6 heteroatoms. The van der Waals surface area contributed by atoms with Gasteiger partial charge in [0.05, 0.1) is 10.5 Å². The lowest BCUT2D eigenvalue weighted by Crippen LogP contribution is -2.28. The average molecular weight is 565 g/mol. The van der Waals surface area contributed by atoms with Gasteiger partial charge < -0.3 is 10.2 Å². The van der Waals surface area contributed by atoms with Crippen molar-refractivity contribution >= 4 is 28.3 Å². The first kappa shape index (κ1) is 31.8. The summed E-state index contributed by atoms with van der Waals surface area (Å²) in [6, 6.07) is 8.35. The van der Waals surface area contributed by atoms with Gasteiger partial charge in [-0.3, -0.25) is 9.00 Å². The smallest absolute Gasteiger partial charge is 0.150 e. The number of hydrogen-bond acceptors (Lipinski definition) is 5. The molecule has 0 aromatic heterocycles. The topological polar surface area (TPSA) is 74.6 Å². The third-order valence-electron chi connectivity index (χ3n) is 8.68. The summed E-state index contributed by atoms with van der Waals surface area (Å²) in [7, 11) is -0.934. The molecule has 216 valence electrons. The van der Waals surface area contributed by atoms with Crippen molar-refractivity contribution in [1.82, 2.24) is 0 Å². The summed E-state index contributed by atoms with van der Waals surface area (Å²) in [5.74, 6) is 0.324. The second-order valence-corrected chi connectivity index (χ2v) is 16.6. The maximum atomic E-state index is 13.8. The molecule has 2 heterocycles. The van der Waals surface area contributed by atoms with Gasteiger partial charge in [-0.05, 0) is 66.9 Å². The molecule has 0 aliphatic carbocycles. The molecular formula is C32H52O4S2. The number of Topliss-reactive ketones (excluding diaryl/α,β-unsaturated/α-hetero) is 1. The first-order chi connectivity index (χ1) is 18.1. The molecule has 38 heavy (non-hydrogen) atoms. The Kier molecular flexibility index (Phi) is 12.4. The third-order valence-corrected chi connectivity index (χ3v) is 12.5. The molecule has 0 saturated carbocycles.